The summed E-state index contributed by atoms with van der Waals surface area (Å²) < 4.78 is 11.3. The SMILES string of the molecule is O=[C]CCCCCCCCCCCCCOC1CCCCO1. The van der Waals surface area contributed by atoms with E-state index in [1.54, 1.807) is 0 Å². The van der Waals surface area contributed by atoms with E-state index in [1.165, 1.54) is 77.0 Å². The highest BCUT2D eigenvalue weighted by Crippen LogP contribution is 2.15. The number of rotatable bonds is 15. The summed E-state index contributed by atoms with van der Waals surface area (Å²) in [4.78, 5) is 10.0. The molecule has 1 fully saturated rings. The first-order chi connectivity index (χ1) is 10.9. The van der Waals surface area contributed by atoms with Gasteiger partial charge in [0.05, 0.1) is 0 Å². The molecule has 1 aliphatic rings. The maximum atomic E-state index is 10.0. The van der Waals surface area contributed by atoms with Crippen LogP contribution in [0.5, 0.6) is 0 Å². The van der Waals surface area contributed by atoms with Gasteiger partial charge >= 0.3 is 0 Å². The van der Waals surface area contributed by atoms with Gasteiger partial charge in [0.15, 0.2) is 12.6 Å². The van der Waals surface area contributed by atoms with Crippen LogP contribution in [0.1, 0.15) is 96.3 Å². The van der Waals surface area contributed by atoms with Gasteiger partial charge in [0.25, 0.3) is 0 Å². The van der Waals surface area contributed by atoms with Crippen LogP contribution < -0.4 is 0 Å². The van der Waals surface area contributed by atoms with Crippen LogP contribution in [0.25, 0.3) is 0 Å². The molecule has 1 unspecified atom stereocenters. The molecule has 129 valence electrons. The molecule has 22 heavy (non-hydrogen) atoms. The molecule has 0 amide bonds. The molecular weight excluding hydrogens is 276 g/mol. The third-order valence-corrected chi connectivity index (χ3v) is 4.36. The van der Waals surface area contributed by atoms with Crippen LogP contribution in [0.15, 0.2) is 0 Å². The van der Waals surface area contributed by atoms with Gasteiger partial charge in [0.1, 0.15) is 0 Å². The van der Waals surface area contributed by atoms with E-state index < -0.39 is 0 Å². The van der Waals surface area contributed by atoms with Crippen molar-refractivity contribution in [3.63, 3.8) is 0 Å². The summed E-state index contributed by atoms with van der Waals surface area (Å²) in [5, 5.41) is 0. The fraction of sp³-hybridized carbons (Fsp3) is 0.947. The Morgan fingerprint density at radius 1 is 0.818 bits per heavy atom. The Morgan fingerprint density at radius 2 is 1.41 bits per heavy atom. The van der Waals surface area contributed by atoms with Crippen LogP contribution in [-0.2, 0) is 14.3 Å². The van der Waals surface area contributed by atoms with Crippen molar-refractivity contribution in [1.29, 1.82) is 0 Å². The summed E-state index contributed by atoms with van der Waals surface area (Å²) in [6.45, 7) is 1.74. The molecule has 0 aromatic carbocycles. The summed E-state index contributed by atoms with van der Waals surface area (Å²) in [5.41, 5.74) is 0. The zero-order valence-electron chi connectivity index (χ0n) is 14.3. The summed E-state index contributed by atoms with van der Waals surface area (Å²) >= 11 is 0. The van der Waals surface area contributed by atoms with Crippen molar-refractivity contribution in [1.82, 2.24) is 0 Å². The van der Waals surface area contributed by atoms with Crippen LogP contribution in [-0.4, -0.2) is 25.8 Å². The molecule has 0 aliphatic carbocycles. The highest BCUT2D eigenvalue weighted by atomic mass is 16.7. The van der Waals surface area contributed by atoms with Crippen LogP contribution in [0.3, 0.4) is 0 Å². The second kappa shape index (κ2) is 15.5. The number of unbranched alkanes of at least 4 members (excludes halogenated alkanes) is 11. The third-order valence-electron chi connectivity index (χ3n) is 4.36. The molecule has 0 bridgehead atoms. The molecule has 0 saturated carbocycles. The molecular formula is C19H35O3. The van der Waals surface area contributed by atoms with Crippen molar-refractivity contribution < 1.29 is 14.3 Å². The standard InChI is InChI=1S/C19H35O3/c20-16-12-9-7-5-3-1-2-4-6-8-10-13-17-21-19-15-11-14-18-22-19/h19H,1-15,17-18H2. The zero-order valence-corrected chi connectivity index (χ0v) is 14.3. The number of hydrogen-bond acceptors (Lipinski definition) is 3. The van der Waals surface area contributed by atoms with Gasteiger partial charge in [-0.2, -0.15) is 0 Å². The molecule has 1 aliphatic heterocycles. The predicted octanol–water partition coefficient (Wildman–Crippen LogP) is 5.32. The van der Waals surface area contributed by atoms with Gasteiger partial charge in [-0.05, 0) is 32.1 Å². The zero-order chi connectivity index (χ0) is 15.7. The van der Waals surface area contributed by atoms with Gasteiger partial charge in [-0.3, -0.25) is 4.79 Å². The molecule has 3 nitrogen and oxygen atoms in total. The first-order valence-corrected chi connectivity index (χ1v) is 9.51. The van der Waals surface area contributed by atoms with Crippen molar-refractivity contribution in [2.45, 2.75) is 103 Å². The second-order valence-corrected chi connectivity index (χ2v) is 6.45. The lowest BCUT2D eigenvalue weighted by Crippen LogP contribution is -2.22. The molecule has 0 aromatic rings. The molecule has 1 atom stereocenters. The molecule has 0 aromatic heterocycles. The number of ether oxygens (including phenoxy) is 2. The summed E-state index contributed by atoms with van der Waals surface area (Å²) in [5.74, 6) is 0. The Bertz CT molecular complexity index is 237. The second-order valence-electron chi connectivity index (χ2n) is 6.45. The van der Waals surface area contributed by atoms with Crippen molar-refractivity contribution in [2.75, 3.05) is 13.2 Å². The Balaban J connectivity index is 1.68. The number of hydrogen-bond donors (Lipinski definition) is 0. The Morgan fingerprint density at radius 3 is 1.95 bits per heavy atom. The fourth-order valence-corrected chi connectivity index (χ4v) is 2.95. The van der Waals surface area contributed by atoms with Crippen molar-refractivity contribution in [3.8, 4) is 0 Å². The van der Waals surface area contributed by atoms with Crippen LogP contribution in [0.2, 0.25) is 0 Å². The van der Waals surface area contributed by atoms with Gasteiger partial charge in [0.2, 0.25) is 0 Å². The lowest BCUT2D eigenvalue weighted by atomic mass is 10.1. The maximum Gasteiger partial charge on any atom is 0.198 e. The van der Waals surface area contributed by atoms with E-state index in [1.807, 2.05) is 6.29 Å². The van der Waals surface area contributed by atoms with Crippen molar-refractivity contribution in [2.24, 2.45) is 0 Å². The first-order valence-electron chi connectivity index (χ1n) is 9.51. The van der Waals surface area contributed by atoms with Crippen LogP contribution >= 0.6 is 0 Å². The molecule has 0 spiro atoms. The van der Waals surface area contributed by atoms with Crippen molar-refractivity contribution >= 4 is 6.29 Å². The smallest absolute Gasteiger partial charge is 0.198 e. The van der Waals surface area contributed by atoms with E-state index >= 15 is 0 Å². The average Bonchev–Trinajstić information content (AvgIpc) is 2.56. The molecule has 1 heterocycles. The van der Waals surface area contributed by atoms with E-state index in [4.69, 9.17) is 9.47 Å². The van der Waals surface area contributed by atoms with Gasteiger partial charge in [-0.1, -0.05) is 57.8 Å². The van der Waals surface area contributed by atoms with Crippen molar-refractivity contribution in [3.05, 3.63) is 0 Å². The van der Waals surface area contributed by atoms with E-state index in [0.29, 0.717) is 6.42 Å². The summed E-state index contributed by atoms with van der Waals surface area (Å²) in [6, 6.07) is 0. The molecule has 1 radical (unpaired) electrons. The van der Waals surface area contributed by atoms with Gasteiger partial charge in [0, 0.05) is 19.6 Å². The number of carbonyl (C=O) groups excluding carboxylic acids is 1. The first kappa shape index (κ1) is 19.6. The van der Waals surface area contributed by atoms with E-state index in [2.05, 4.69) is 0 Å². The third kappa shape index (κ3) is 12.2. The van der Waals surface area contributed by atoms with Crippen LogP contribution in [0.4, 0.5) is 0 Å². The average molecular weight is 311 g/mol. The maximum absolute atomic E-state index is 10.0. The van der Waals surface area contributed by atoms with E-state index in [0.717, 1.165) is 26.1 Å². The Labute approximate surface area is 137 Å². The van der Waals surface area contributed by atoms with Gasteiger partial charge in [-0.25, -0.2) is 0 Å². The summed E-state index contributed by atoms with van der Waals surface area (Å²) in [6.07, 6.45) is 20.3. The minimum atomic E-state index is 0.0816. The topological polar surface area (TPSA) is 35.5 Å². The fourth-order valence-electron chi connectivity index (χ4n) is 2.95. The van der Waals surface area contributed by atoms with E-state index in [-0.39, 0.29) is 6.29 Å². The normalized spacial score (nSPS) is 18.5. The largest absolute Gasteiger partial charge is 0.353 e. The highest BCUT2D eigenvalue weighted by Gasteiger charge is 2.13. The predicted molar refractivity (Wildman–Crippen MR) is 90.6 cm³/mol. The molecule has 1 rings (SSSR count). The van der Waals surface area contributed by atoms with Gasteiger partial charge < -0.3 is 9.47 Å². The molecule has 0 N–H and O–H groups in total. The minimum absolute atomic E-state index is 0.0816. The lowest BCUT2D eigenvalue weighted by molar-refractivity contribution is -0.162. The minimum Gasteiger partial charge on any atom is -0.353 e. The lowest BCUT2D eigenvalue weighted by Gasteiger charge is -2.22. The van der Waals surface area contributed by atoms with Gasteiger partial charge in [-0.15, -0.1) is 0 Å². The quantitative estimate of drug-likeness (QED) is 0.384. The Kier molecular flexibility index (Phi) is 13.8. The molecule has 3 heteroatoms. The monoisotopic (exact) mass is 311 g/mol. The molecule has 1 saturated heterocycles. The van der Waals surface area contributed by atoms with E-state index in [9.17, 15) is 4.79 Å². The highest BCUT2D eigenvalue weighted by molar-refractivity contribution is 5.50. The van der Waals surface area contributed by atoms with Crippen LogP contribution in [0, 0.1) is 0 Å². The summed E-state index contributed by atoms with van der Waals surface area (Å²) in [7, 11) is 0. The Hall–Kier alpha value is -0.410.